The summed E-state index contributed by atoms with van der Waals surface area (Å²) in [5, 5.41) is 19.0. The molecule has 0 aliphatic rings. The molecule has 0 saturated heterocycles. The lowest BCUT2D eigenvalue weighted by molar-refractivity contribution is 0.444. The van der Waals surface area contributed by atoms with Gasteiger partial charge in [0.05, 0.1) is 0 Å². The molecule has 1 unspecified atom stereocenters. The minimum atomic E-state index is 0.130. The molecule has 10 heavy (non-hydrogen) atoms. The van der Waals surface area contributed by atoms with E-state index in [1.165, 1.54) is 0 Å². The van der Waals surface area contributed by atoms with Crippen LogP contribution in [0.2, 0.25) is 0 Å². The van der Waals surface area contributed by atoms with Gasteiger partial charge in [-0.05, 0) is 24.4 Å². The van der Waals surface area contributed by atoms with Gasteiger partial charge in [0.25, 0.3) is 0 Å². The lowest BCUT2D eigenvalue weighted by Crippen LogP contribution is -1.89. The normalized spacial score (nSPS) is 9.80. The Morgan fingerprint density at radius 2 is 1.60 bits per heavy atom. The summed E-state index contributed by atoms with van der Waals surface area (Å²) in [7, 11) is 2.40. The topological polar surface area (TPSA) is 40.5 Å². The highest BCUT2D eigenvalue weighted by Crippen LogP contribution is 2.23. The van der Waals surface area contributed by atoms with E-state index >= 15 is 0 Å². The Balaban J connectivity index is 3.31. The minimum Gasteiger partial charge on any atom is -0.508 e. The third-order valence-electron chi connectivity index (χ3n) is 1.38. The molecule has 1 atom stereocenters. The number of phenolic OH excluding ortho intramolecular Hbond substituents is 2. The van der Waals surface area contributed by atoms with Crippen LogP contribution in [0.3, 0.4) is 0 Å². The monoisotopic (exact) mass is 156 g/mol. The van der Waals surface area contributed by atoms with Crippen LogP contribution < -0.4 is 5.30 Å². The van der Waals surface area contributed by atoms with Crippen molar-refractivity contribution in [2.45, 2.75) is 6.92 Å². The van der Waals surface area contributed by atoms with Crippen molar-refractivity contribution in [2.24, 2.45) is 0 Å². The second-order valence-electron chi connectivity index (χ2n) is 2.18. The Bertz CT molecular complexity index is 235. The zero-order valence-electron chi connectivity index (χ0n) is 5.63. The summed E-state index contributed by atoms with van der Waals surface area (Å²) in [5.74, 6) is 0.259. The number of rotatable bonds is 0. The fraction of sp³-hybridized carbons (Fsp3) is 0.143. The summed E-state index contributed by atoms with van der Waals surface area (Å²) < 4.78 is 0. The van der Waals surface area contributed by atoms with Crippen LogP contribution in [0.15, 0.2) is 12.1 Å². The molecule has 2 nitrogen and oxygen atoms in total. The van der Waals surface area contributed by atoms with Crippen molar-refractivity contribution in [3.63, 3.8) is 0 Å². The number of hydrogen-bond acceptors (Lipinski definition) is 2. The van der Waals surface area contributed by atoms with E-state index in [0.29, 0.717) is 5.56 Å². The number of aromatic hydroxyl groups is 2. The zero-order valence-corrected chi connectivity index (χ0v) is 6.78. The van der Waals surface area contributed by atoms with Crippen LogP contribution in [0.1, 0.15) is 5.56 Å². The van der Waals surface area contributed by atoms with E-state index in [1.807, 2.05) is 0 Å². The molecule has 1 rings (SSSR count). The predicted molar refractivity (Wildman–Crippen MR) is 43.9 cm³/mol. The fourth-order valence-corrected chi connectivity index (χ4v) is 1.02. The number of phenols is 2. The van der Waals surface area contributed by atoms with Gasteiger partial charge in [-0.3, -0.25) is 0 Å². The van der Waals surface area contributed by atoms with Gasteiger partial charge in [0, 0.05) is 5.56 Å². The average molecular weight is 156 g/mol. The van der Waals surface area contributed by atoms with Crippen molar-refractivity contribution in [1.82, 2.24) is 0 Å². The molecule has 0 aromatic heterocycles. The van der Waals surface area contributed by atoms with E-state index in [9.17, 15) is 0 Å². The molecule has 0 saturated carbocycles. The van der Waals surface area contributed by atoms with Crippen LogP contribution in [-0.4, -0.2) is 10.2 Å². The van der Waals surface area contributed by atoms with Gasteiger partial charge in [0.15, 0.2) is 0 Å². The third kappa shape index (κ3) is 1.22. The predicted octanol–water partition coefficient (Wildman–Crippen LogP) is 0.907. The summed E-state index contributed by atoms with van der Waals surface area (Å²) in [6, 6.07) is 3.17. The molecule has 1 aromatic rings. The van der Waals surface area contributed by atoms with Gasteiger partial charge in [0.1, 0.15) is 11.5 Å². The Morgan fingerprint density at radius 3 is 2.00 bits per heavy atom. The molecule has 54 valence electrons. The third-order valence-corrected chi connectivity index (χ3v) is 1.71. The molecule has 0 fully saturated rings. The van der Waals surface area contributed by atoms with E-state index in [4.69, 9.17) is 10.2 Å². The van der Waals surface area contributed by atoms with Crippen molar-refractivity contribution in [3.8, 4) is 11.5 Å². The van der Waals surface area contributed by atoms with Gasteiger partial charge in [0.2, 0.25) is 0 Å². The second-order valence-corrected chi connectivity index (χ2v) is 2.85. The first-order chi connectivity index (χ1) is 4.61. The molecule has 0 heterocycles. The molecule has 3 heteroatoms. The molecular formula is C7H9O2P. The van der Waals surface area contributed by atoms with Crippen molar-refractivity contribution < 1.29 is 10.2 Å². The fourth-order valence-electron chi connectivity index (χ4n) is 0.705. The highest BCUT2D eigenvalue weighted by atomic mass is 31.0. The quantitative estimate of drug-likeness (QED) is 0.548. The lowest BCUT2D eigenvalue weighted by Gasteiger charge is -2.01. The maximum absolute atomic E-state index is 9.11. The van der Waals surface area contributed by atoms with E-state index in [-0.39, 0.29) is 11.5 Å². The Morgan fingerprint density at radius 1 is 1.20 bits per heavy atom. The molecule has 0 amide bonds. The molecule has 0 radical (unpaired) electrons. The average Bonchev–Trinajstić information content (AvgIpc) is 1.82. The summed E-state index contributed by atoms with van der Waals surface area (Å²) in [6.45, 7) is 1.66. The van der Waals surface area contributed by atoms with Crippen LogP contribution in [0, 0.1) is 6.92 Å². The molecule has 0 spiro atoms. The van der Waals surface area contributed by atoms with Crippen molar-refractivity contribution in [3.05, 3.63) is 17.7 Å². The van der Waals surface area contributed by atoms with Gasteiger partial charge >= 0.3 is 0 Å². The second kappa shape index (κ2) is 2.47. The van der Waals surface area contributed by atoms with E-state index < -0.39 is 0 Å². The van der Waals surface area contributed by atoms with Crippen LogP contribution in [0.5, 0.6) is 11.5 Å². The summed E-state index contributed by atoms with van der Waals surface area (Å²) in [5.41, 5.74) is 0.520. The number of hydrogen-bond donors (Lipinski definition) is 2. The van der Waals surface area contributed by atoms with Gasteiger partial charge in [-0.2, -0.15) is 0 Å². The highest BCUT2D eigenvalue weighted by Gasteiger charge is 2.01. The highest BCUT2D eigenvalue weighted by molar-refractivity contribution is 7.27. The summed E-state index contributed by atoms with van der Waals surface area (Å²) in [4.78, 5) is 0. The first-order valence-electron chi connectivity index (χ1n) is 2.89. The first-order valence-corrected chi connectivity index (χ1v) is 3.47. The lowest BCUT2D eigenvalue weighted by atomic mass is 10.2. The van der Waals surface area contributed by atoms with E-state index in [1.54, 1.807) is 19.1 Å². The van der Waals surface area contributed by atoms with Gasteiger partial charge in [-0.25, -0.2) is 0 Å². The molecule has 0 bridgehead atoms. The van der Waals surface area contributed by atoms with Crippen LogP contribution >= 0.6 is 9.24 Å². The Hall–Kier alpha value is -0.750. The van der Waals surface area contributed by atoms with Crippen molar-refractivity contribution in [1.29, 1.82) is 0 Å². The summed E-state index contributed by atoms with van der Waals surface area (Å²) in [6.07, 6.45) is 0. The molecule has 0 aliphatic heterocycles. The van der Waals surface area contributed by atoms with Crippen LogP contribution in [0.4, 0.5) is 0 Å². The molecule has 1 aromatic carbocycles. The van der Waals surface area contributed by atoms with Gasteiger partial charge in [-0.15, -0.1) is 9.24 Å². The molecule has 2 N–H and O–H groups in total. The Labute approximate surface area is 61.7 Å². The van der Waals surface area contributed by atoms with E-state index in [0.717, 1.165) is 5.30 Å². The van der Waals surface area contributed by atoms with Crippen LogP contribution in [0.25, 0.3) is 0 Å². The van der Waals surface area contributed by atoms with Crippen molar-refractivity contribution in [2.75, 3.05) is 0 Å². The zero-order chi connectivity index (χ0) is 7.72. The largest absolute Gasteiger partial charge is 0.508 e. The molecule has 0 aliphatic carbocycles. The SMILES string of the molecule is Cc1c(O)cc(P)cc1O. The Kier molecular flexibility index (Phi) is 1.82. The molecular weight excluding hydrogens is 147 g/mol. The van der Waals surface area contributed by atoms with Gasteiger partial charge < -0.3 is 10.2 Å². The smallest absolute Gasteiger partial charge is 0.122 e. The number of benzene rings is 1. The van der Waals surface area contributed by atoms with E-state index in [2.05, 4.69) is 9.24 Å². The minimum absolute atomic E-state index is 0.130. The standard InChI is InChI=1S/C7H9O2P/c1-4-6(8)2-5(10)3-7(4)9/h2-3,8-9H,10H2,1H3. The maximum Gasteiger partial charge on any atom is 0.122 e. The van der Waals surface area contributed by atoms with Gasteiger partial charge in [-0.1, -0.05) is 0 Å². The first kappa shape index (κ1) is 7.36. The van der Waals surface area contributed by atoms with Crippen molar-refractivity contribution >= 4 is 14.5 Å². The van der Waals surface area contributed by atoms with Crippen LogP contribution in [-0.2, 0) is 0 Å². The maximum atomic E-state index is 9.11. The summed E-state index contributed by atoms with van der Waals surface area (Å²) >= 11 is 0.